The fourth-order valence-corrected chi connectivity index (χ4v) is 7.28. The molecule has 54 heavy (non-hydrogen) atoms. The van der Waals surface area contributed by atoms with Gasteiger partial charge in [0.2, 0.25) is 21.8 Å². The molecule has 1 atom stereocenters. The highest BCUT2D eigenvalue weighted by Gasteiger charge is 2.30. The van der Waals surface area contributed by atoms with Crippen LogP contribution in [0.1, 0.15) is 57.6 Å². The van der Waals surface area contributed by atoms with Crippen molar-refractivity contribution in [2.75, 3.05) is 26.0 Å². The van der Waals surface area contributed by atoms with Gasteiger partial charge in [-0.3, -0.25) is 19.1 Å². The predicted octanol–water partition coefficient (Wildman–Crippen LogP) is 5.25. The zero-order chi connectivity index (χ0) is 39.2. The second-order valence-corrected chi connectivity index (χ2v) is 17.0. The standard InChI is InChI=1S/C39H48N6O8S/c1-24-10-19-31(54(50,51)45(5)6)22-32(24)29-9-7-8-26(20-29)21-33(36(47)41-30-17-15-27(16-18-30)34-43-38(49)53-44-34)42-35(46)28-13-11-25(12-14-28)23-40-37(48)52-39(2,3)4/h7-10,15-20,22,25,28,33H,11-14,21,23H2,1-6H3,(H,40,48)(H,41,47)(H,42,46)(H,43,44,49)/t25?,28?,33-/m0/s1. The van der Waals surface area contributed by atoms with Gasteiger partial charge in [-0.15, -0.1) is 0 Å². The molecule has 1 saturated carbocycles. The summed E-state index contributed by atoms with van der Waals surface area (Å²) >= 11 is 0. The number of rotatable bonds is 12. The topological polar surface area (TPSA) is 193 Å². The third kappa shape index (κ3) is 10.4. The highest BCUT2D eigenvalue weighted by Crippen LogP contribution is 2.30. The quantitative estimate of drug-likeness (QED) is 0.149. The Hall–Kier alpha value is -5.28. The van der Waals surface area contributed by atoms with Crippen LogP contribution in [0.4, 0.5) is 10.5 Å². The van der Waals surface area contributed by atoms with Crippen LogP contribution in [-0.2, 0) is 30.8 Å². The van der Waals surface area contributed by atoms with E-state index in [1.165, 1.54) is 18.4 Å². The number of ether oxygens (including phenoxy) is 1. The van der Waals surface area contributed by atoms with E-state index < -0.39 is 39.4 Å². The third-order valence-electron chi connectivity index (χ3n) is 9.32. The Morgan fingerprint density at radius 1 is 0.981 bits per heavy atom. The monoisotopic (exact) mass is 760 g/mol. The van der Waals surface area contributed by atoms with Crippen molar-refractivity contribution in [1.29, 1.82) is 0 Å². The van der Waals surface area contributed by atoms with E-state index in [9.17, 15) is 27.6 Å². The van der Waals surface area contributed by atoms with Crippen molar-refractivity contribution >= 4 is 33.6 Å². The average Bonchev–Trinajstić information content (AvgIpc) is 3.56. The smallest absolute Gasteiger partial charge is 0.439 e. The SMILES string of the molecule is Cc1ccc(S(=O)(=O)N(C)C)cc1-c1cccc(C[C@H](NC(=O)C2CCC(CNC(=O)OC(C)(C)C)CC2)C(=O)Nc2ccc(-c3noc(=O)[nH]3)cc2)c1. The molecular formula is C39H48N6O8S. The van der Waals surface area contributed by atoms with E-state index in [0.717, 1.165) is 35.1 Å². The summed E-state index contributed by atoms with van der Waals surface area (Å²) in [5.41, 5.74) is 3.59. The van der Waals surface area contributed by atoms with Crippen LogP contribution in [0.25, 0.3) is 22.5 Å². The number of aryl methyl sites for hydroxylation is 1. The fraction of sp³-hybridized carbons (Fsp3) is 0.410. The lowest BCUT2D eigenvalue weighted by atomic mass is 9.81. The Balaban J connectivity index is 1.32. The van der Waals surface area contributed by atoms with Crippen molar-refractivity contribution in [1.82, 2.24) is 25.1 Å². The molecule has 0 unspecified atom stereocenters. The van der Waals surface area contributed by atoms with Crippen LogP contribution in [0.3, 0.4) is 0 Å². The number of nitrogens with one attached hydrogen (secondary N) is 4. The van der Waals surface area contributed by atoms with E-state index >= 15 is 0 Å². The summed E-state index contributed by atoms with van der Waals surface area (Å²) in [6.07, 6.45) is 2.37. The number of anilines is 1. The predicted molar refractivity (Wildman–Crippen MR) is 204 cm³/mol. The number of amides is 3. The summed E-state index contributed by atoms with van der Waals surface area (Å²) in [6, 6.07) is 18.2. The lowest BCUT2D eigenvalue weighted by molar-refractivity contribution is -0.130. The Bertz CT molecular complexity index is 2130. The molecule has 4 aromatic rings. The first-order valence-electron chi connectivity index (χ1n) is 17.9. The molecule has 14 nitrogen and oxygen atoms in total. The van der Waals surface area contributed by atoms with Crippen molar-refractivity contribution in [3.63, 3.8) is 0 Å². The lowest BCUT2D eigenvalue weighted by Gasteiger charge is -2.29. The van der Waals surface area contributed by atoms with Gasteiger partial charge in [-0.25, -0.2) is 22.3 Å². The minimum atomic E-state index is -3.67. The summed E-state index contributed by atoms with van der Waals surface area (Å²) < 4.78 is 36.9. The molecule has 1 fully saturated rings. The number of H-pyrrole nitrogens is 1. The normalized spacial score (nSPS) is 16.7. The number of carbonyl (C=O) groups excluding carboxylic acids is 3. The molecule has 1 aliphatic rings. The van der Waals surface area contributed by atoms with E-state index in [1.54, 1.807) is 42.5 Å². The Morgan fingerprint density at radius 3 is 2.31 bits per heavy atom. The molecule has 0 aliphatic heterocycles. The van der Waals surface area contributed by atoms with E-state index in [2.05, 4.69) is 30.6 Å². The van der Waals surface area contributed by atoms with E-state index in [4.69, 9.17) is 4.74 Å². The zero-order valence-electron chi connectivity index (χ0n) is 31.4. The number of sulfonamides is 1. The lowest BCUT2D eigenvalue weighted by Crippen LogP contribution is -2.48. The molecule has 1 aliphatic carbocycles. The molecule has 3 aromatic carbocycles. The van der Waals surface area contributed by atoms with Crippen LogP contribution in [-0.4, -0.2) is 73.1 Å². The molecular weight excluding hydrogens is 713 g/mol. The number of benzene rings is 3. The van der Waals surface area contributed by atoms with Crippen LogP contribution in [0.5, 0.6) is 0 Å². The summed E-state index contributed by atoms with van der Waals surface area (Å²) in [6.45, 7) is 7.78. The first kappa shape index (κ1) is 39.9. The summed E-state index contributed by atoms with van der Waals surface area (Å²) in [5, 5.41) is 12.4. The summed E-state index contributed by atoms with van der Waals surface area (Å²) in [4.78, 5) is 53.8. The van der Waals surface area contributed by atoms with Gasteiger partial charge < -0.3 is 20.7 Å². The van der Waals surface area contributed by atoms with Crippen molar-refractivity contribution in [2.24, 2.45) is 11.8 Å². The molecule has 3 amide bonds. The van der Waals surface area contributed by atoms with Gasteiger partial charge in [-0.2, -0.15) is 0 Å². The third-order valence-corrected chi connectivity index (χ3v) is 11.1. The first-order chi connectivity index (χ1) is 25.5. The van der Waals surface area contributed by atoms with Gasteiger partial charge in [0.25, 0.3) is 0 Å². The van der Waals surface area contributed by atoms with E-state index in [1.807, 2.05) is 52.0 Å². The number of alkyl carbamates (subject to hydrolysis) is 1. The molecule has 1 heterocycles. The average molecular weight is 761 g/mol. The van der Waals surface area contributed by atoms with Crippen LogP contribution in [0.15, 0.2) is 80.9 Å². The number of carbonyl (C=O) groups is 3. The van der Waals surface area contributed by atoms with Gasteiger partial charge >= 0.3 is 11.8 Å². The summed E-state index contributed by atoms with van der Waals surface area (Å²) in [5.74, 6) is -1.20. The van der Waals surface area contributed by atoms with Crippen molar-refractivity contribution < 1.29 is 32.1 Å². The molecule has 15 heteroatoms. The van der Waals surface area contributed by atoms with Gasteiger partial charge in [0, 0.05) is 44.2 Å². The van der Waals surface area contributed by atoms with Crippen molar-refractivity contribution in [3.05, 3.63) is 88.4 Å². The Labute approximate surface area is 315 Å². The van der Waals surface area contributed by atoms with Crippen molar-refractivity contribution in [2.45, 2.75) is 76.3 Å². The number of nitrogens with zero attached hydrogens (tertiary/aromatic N) is 2. The van der Waals surface area contributed by atoms with Crippen LogP contribution in [0.2, 0.25) is 0 Å². The number of hydrogen-bond donors (Lipinski definition) is 4. The number of aromatic amines is 1. The van der Waals surface area contributed by atoms with E-state index in [0.29, 0.717) is 30.6 Å². The van der Waals surface area contributed by atoms with E-state index in [-0.39, 0.29) is 34.9 Å². The van der Waals surface area contributed by atoms with Gasteiger partial charge in [-0.05, 0) is 118 Å². The van der Waals surface area contributed by atoms with Gasteiger partial charge in [0.1, 0.15) is 11.6 Å². The molecule has 0 radical (unpaired) electrons. The molecule has 5 rings (SSSR count). The van der Waals surface area contributed by atoms with Gasteiger partial charge in [0.05, 0.1) is 4.90 Å². The first-order valence-corrected chi connectivity index (χ1v) is 19.3. The summed E-state index contributed by atoms with van der Waals surface area (Å²) in [7, 11) is -0.701. The molecule has 1 aromatic heterocycles. The molecule has 0 saturated heterocycles. The van der Waals surface area contributed by atoms with Crippen LogP contribution in [0, 0.1) is 18.8 Å². The van der Waals surface area contributed by atoms with Crippen LogP contribution < -0.4 is 21.7 Å². The zero-order valence-corrected chi connectivity index (χ0v) is 32.2. The maximum atomic E-state index is 13.9. The largest absolute Gasteiger partial charge is 0.444 e. The second kappa shape index (κ2) is 16.8. The highest BCUT2D eigenvalue weighted by molar-refractivity contribution is 7.89. The fourth-order valence-electron chi connectivity index (χ4n) is 6.35. The molecule has 0 spiro atoms. The maximum Gasteiger partial charge on any atom is 0.439 e. The van der Waals surface area contributed by atoms with Gasteiger partial charge in [0.15, 0.2) is 5.82 Å². The minimum absolute atomic E-state index is 0.160. The molecule has 0 bridgehead atoms. The Kier molecular flexibility index (Phi) is 12.4. The molecule has 4 N–H and O–H groups in total. The maximum absolute atomic E-state index is 13.9. The number of hydrogen-bond acceptors (Lipinski definition) is 9. The molecule has 288 valence electrons. The van der Waals surface area contributed by atoms with Gasteiger partial charge in [-0.1, -0.05) is 35.5 Å². The van der Waals surface area contributed by atoms with Crippen LogP contribution >= 0.6 is 0 Å². The number of aromatic nitrogens is 2. The second-order valence-electron chi connectivity index (χ2n) is 14.8. The van der Waals surface area contributed by atoms with Crippen molar-refractivity contribution in [3.8, 4) is 22.5 Å². The Morgan fingerprint density at radius 2 is 1.69 bits per heavy atom. The highest BCUT2D eigenvalue weighted by atomic mass is 32.2. The minimum Gasteiger partial charge on any atom is -0.444 e.